The Morgan fingerprint density at radius 1 is 1.54 bits per heavy atom. The summed E-state index contributed by atoms with van der Waals surface area (Å²) in [6, 6.07) is 0. The highest BCUT2D eigenvalue weighted by Gasteiger charge is 2.10. The van der Waals surface area contributed by atoms with E-state index in [0.717, 1.165) is 0 Å². The maximum atomic E-state index is 7.85. The maximum absolute atomic E-state index is 7.85. The van der Waals surface area contributed by atoms with Crippen LogP contribution in [0.2, 0.25) is 0 Å². The lowest BCUT2D eigenvalue weighted by molar-refractivity contribution is 0.858. The van der Waals surface area contributed by atoms with E-state index in [1.54, 1.807) is 0 Å². The monoisotopic (exact) mass is 277 g/mol. The molecular formula is C9H15BrN2S. The molecular weight excluding hydrogens is 248 g/mol. The van der Waals surface area contributed by atoms with Gasteiger partial charge in [-0.1, -0.05) is 6.85 Å². The van der Waals surface area contributed by atoms with Crippen LogP contribution in [-0.2, 0) is 6.37 Å². The van der Waals surface area contributed by atoms with Crippen LogP contribution in [0.3, 0.4) is 0 Å². The molecule has 0 fully saturated rings. The SMILES string of the molecule is [2H]C([2H])([2H])C([2H])([2H])c1sc(N(C([2H])([2H])C([2H])([2H])[2H])C([2H])([2H])C([2H])([2H])[2H])nc1Br. The average Bonchev–Trinajstić information content (AvgIpc) is 2.76. The lowest BCUT2D eigenvalue weighted by Gasteiger charge is -2.16. The molecule has 0 unspecified atom stereocenters. The summed E-state index contributed by atoms with van der Waals surface area (Å²) in [5.41, 5.74) is 0. The van der Waals surface area contributed by atoms with Crippen LogP contribution < -0.4 is 4.90 Å². The highest BCUT2D eigenvalue weighted by Crippen LogP contribution is 2.29. The third kappa shape index (κ3) is 2.44. The Balaban J connectivity index is 3.79. The van der Waals surface area contributed by atoms with Crippen molar-refractivity contribution in [2.75, 3.05) is 17.9 Å². The first-order valence-electron chi connectivity index (χ1n) is 10.5. The molecule has 0 atom stereocenters. The Bertz CT molecular complexity index is 689. The summed E-state index contributed by atoms with van der Waals surface area (Å²) >= 11 is 2.94. The van der Waals surface area contributed by atoms with Gasteiger partial charge in [-0.3, -0.25) is 0 Å². The Morgan fingerprint density at radius 3 is 2.92 bits per heavy atom. The second-order valence-electron chi connectivity index (χ2n) is 1.80. The van der Waals surface area contributed by atoms with Crippen molar-refractivity contribution >= 4 is 32.4 Å². The van der Waals surface area contributed by atoms with Crippen LogP contribution >= 0.6 is 27.3 Å². The van der Waals surface area contributed by atoms with E-state index in [2.05, 4.69) is 20.9 Å². The van der Waals surface area contributed by atoms with E-state index in [9.17, 15) is 0 Å². The molecule has 0 N–H and O–H groups in total. The zero-order chi connectivity index (χ0) is 22.7. The summed E-state index contributed by atoms with van der Waals surface area (Å²) in [5.74, 6) is 0. The van der Waals surface area contributed by atoms with Gasteiger partial charge in [0.05, 0.1) is 0 Å². The fourth-order valence-corrected chi connectivity index (χ4v) is 1.90. The average molecular weight is 278 g/mol. The summed E-state index contributed by atoms with van der Waals surface area (Å²) in [6.07, 6.45) is -3.01. The van der Waals surface area contributed by atoms with Gasteiger partial charge in [-0.25, -0.2) is 4.98 Å². The summed E-state index contributed by atoms with van der Waals surface area (Å²) in [7, 11) is 0. The van der Waals surface area contributed by atoms with E-state index in [1.807, 2.05) is 0 Å². The Morgan fingerprint density at radius 2 is 2.31 bits per heavy atom. The van der Waals surface area contributed by atoms with Gasteiger partial charge >= 0.3 is 0 Å². The summed E-state index contributed by atoms with van der Waals surface area (Å²) in [5, 5.41) is -0.850. The van der Waals surface area contributed by atoms with Gasteiger partial charge in [-0.05, 0) is 36.0 Å². The minimum absolute atomic E-state index is 0.140. The molecule has 4 heteroatoms. The van der Waals surface area contributed by atoms with E-state index in [4.69, 9.17) is 20.6 Å². The number of aryl methyl sites for hydroxylation is 1. The number of nitrogens with zero attached hydrogens (tertiary/aromatic N) is 2. The van der Waals surface area contributed by atoms with Gasteiger partial charge in [0.15, 0.2) is 5.13 Å². The molecule has 0 aromatic carbocycles. The van der Waals surface area contributed by atoms with Gasteiger partial charge < -0.3 is 4.90 Å². The molecule has 2 nitrogen and oxygen atoms in total. The maximum Gasteiger partial charge on any atom is 0.186 e. The highest BCUT2D eigenvalue weighted by atomic mass is 79.9. The molecule has 0 amide bonds. The molecule has 0 bridgehead atoms. The van der Waals surface area contributed by atoms with Crippen molar-refractivity contribution in [1.29, 1.82) is 0 Å². The molecule has 0 saturated carbocycles. The minimum Gasteiger partial charge on any atom is -0.349 e. The number of thiazole rings is 1. The van der Waals surface area contributed by atoms with E-state index in [0.29, 0.717) is 0 Å². The van der Waals surface area contributed by atoms with Crippen molar-refractivity contribution in [3.05, 3.63) is 9.48 Å². The lowest BCUT2D eigenvalue weighted by atomic mass is 10.4. The smallest absolute Gasteiger partial charge is 0.186 e. The fourth-order valence-electron chi connectivity index (χ4n) is 0.587. The van der Waals surface area contributed by atoms with E-state index in [-0.39, 0.29) is 16.2 Å². The van der Waals surface area contributed by atoms with Gasteiger partial charge in [0.2, 0.25) is 0 Å². The fraction of sp³-hybridized carbons (Fsp3) is 0.667. The third-order valence-corrected chi connectivity index (χ3v) is 2.90. The standard InChI is InChI=1S/C9H15BrN2S/c1-4-7-8(10)11-9(13-7)12(5-2)6-3/h4-6H2,1-3H3/i1D3,2D3,3D3,4D2,5D2,6D2. The molecule has 1 aromatic heterocycles. The molecule has 0 aliphatic rings. The number of hydrogen-bond acceptors (Lipinski definition) is 3. The number of rotatable bonds is 4. The second-order valence-corrected chi connectivity index (χ2v) is 3.53. The van der Waals surface area contributed by atoms with Crippen molar-refractivity contribution in [2.24, 2.45) is 0 Å². The molecule has 0 aliphatic heterocycles. The Labute approximate surface area is 113 Å². The van der Waals surface area contributed by atoms with E-state index >= 15 is 0 Å². The summed E-state index contributed by atoms with van der Waals surface area (Å²) in [6.45, 7) is -17.4. The zero-order valence-electron chi connectivity index (χ0n) is 21.2. The molecule has 1 rings (SSSR count). The van der Waals surface area contributed by atoms with Gasteiger partial charge in [0, 0.05) is 38.4 Å². The number of hydrogen-bond donors (Lipinski definition) is 0. The van der Waals surface area contributed by atoms with Crippen LogP contribution in [0.15, 0.2) is 4.60 Å². The lowest BCUT2D eigenvalue weighted by Crippen LogP contribution is -2.21. The van der Waals surface area contributed by atoms with Gasteiger partial charge in [-0.2, -0.15) is 0 Å². The normalized spacial score (nSPS) is 33.8. The second kappa shape index (κ2) is 4.96. The Kier molecular flexibility index (Phi) is 0.897. The van der Waals surface area contributed by atoms with Crippen molar-refractivity contribution in [2.45, 2.75) is 26.9 Å². The molecule has 1 aromatic rings. The molecule has 0 saturated heterocycles. The first-order chi connectivity index (χ1) is 12.0. The predicted octanol–water partition coefficient (Wildman–Crippen LogP) is 3.31. The number of anilines is 1. The summed E-state index contributed by atoms with van der Waals surface area (Å²) < 4.78 is 113. The van der Waals surface area contributed by atoms with Crippen molar-refractivity contribution < 1.29 is 20.6 Å². The van der Waals surface area contributed by atoms with E-state index in [1.165, 1.54) is 0 Å². The first-order valence-corrected chi connectivity index (χ1v) is 4.57. The van der Waals surface area contributed by atoms with Gasteiger partial charge in [-0.15, -0.1) is 11.3 Å². The quantitative estimate of drug-likeness (QED) is 0.840. The zero-order valence-corrected chi connectivity index (χ0v) is 8.58. The Hall–Kier alpha value is -0.0900. The van der Waals surface area contributed by atoms with Crippen molar-refractivity contribution in [1.82, 2.24) is 4.98 Å². The largest absolute Gasteiger partial charge is 0.349 e. The molecule has 1 heterocycles. The molecule has 0 aliphatic carbocycles. The number of aromatic nitrogens is 1. The van der Waals surface area contributed by atoms with Crippen LogP contribution in [0.1, 0.15) is 46.0 Å². The van der Waals surface area contributed by atoms with Crippen LogP contribution in [0.4, 0.5) is 5.13 Å². The van der Waals surface area contributed by atoms with Crippen molar-refractivity contribution in [3.8, 4) is 0 Å². The first kappa shape index (κ1) is 2.35. The predicted molar refractivity (Wildman–Crippen MR) is 62.8 cm³/mol. The van der Waals surface area contributed by atoms with Crippen LogP contribution in [0, 0.1) is 0 Å². The minimum atomic E-state index is -3.58. The van der Waals surface area contributed by atoms with Gasteiger partial charge in [0.1, 0.15) is 4.60 Å². The van der Waals surface area contributed by atoms with Gasteiger partial charge in [0.25, 0.3) is 0 Å². The third-order valence-electron chi connectivity index (χ3n) is 1.10. The van der Waals surface area contributed by atoms with Crippen LogP contribution in [0.25, 0.3) is 0 Å². The van der Waals surface area contributed by atoms with Crippen LogP contribution in [0.5, 0.6) is 0 Å². The summed E-state index contributed by atoms with van der Waals surface area (Å²) in [4.78, 5) is 2.83. The molecule has 0 radical (unpaired) electrons. The number of halogens is 1. The molecule has 0 spiro atoms. The molecule has 74 valence electrons. The van der Waals surface area contributed by atoms with Crippen LogP contribution in [-0.4, -0.2) is 18.0 Å². The topological polar surface area (TPSA) is 16.1 Å². The van der Waals surface area contributed by atoms with Crippen molar-refractivity contribution in [3.63, 3.8) is 0 Å². The highest BCUT2D eigenvalue weighted by molar-refractivity contribution is 9.10. The van der Waals surface area contributed by atoms with E-state index < -0.39 is 54.5 Å². The molecule has 13 heavy (non-hydrogen) atoms.